The van der Waals surface area contributed by atoms with Crippen LogP contribution in [0.1, 0.15) is 92.9 Å². The van der Waals surface area contributed by atoms with Crippen LogP contribution in [-0.4, -0.2) is 5.78 Å². The van der Waals surface area contributed by atoms with Gasteiger partial charge in [0.15, 0.2) is 0 Å². The van der Waals surface area contributed by atoms with Gasteiger partial charge in [-0.3, -0.25) is 4.79 Å². The number of Topliss-reactive ketones (excluding diaryl/α,β-unsaturated/α-hetero) is 1. The van der Waals surface area contributed by atoms with Gasteiger partial charge in [-0.05, 0) is 90.8 Å². The highest BCUT2D eigenvalue weighted by molar-refractivity contribution is 5.79. The molecule has 0 bridgehead atoms. The first-order valence-electron chi connectivity index (χ1n) is 12.6. The van der Waals surface area contributed by atoms with Crippen LogP contribution in [0.15, 0.2) is 23.8 Å². The highest BCUT2D eigenvalue weighted by Crippen LogP contribution is 2.66. The highest BCUT2D eigenvalue weighted by Gasteiger charge is 2.57. The molecule has 0 aromatic heterocycles. The minimum Gasteiger partial charge on any atom is -0.300 e. The summed E-state index contributed by atoms with van der Waals surface area (Å²) in [5, 5.41) is 0. The average Bonchev–Trinajstić information content (AvgIpc) is 3.03. The zero-order valence-electron chi connectivity index (χ0n) is 19.8. The summed E-state index contributed by atoms with van der Waals surface area (Å²) >= 11 is 0. The van der Waals surface area contributed by atoms with Gasteiger partial charge in [0.05, 0.1) is 0 Å². The number of rotatable bonds is 4. The van der Waals surface area contributed by atoms with Crippen molar-refractivity contribution >= 4 is 5.78 Å². The lowest BCUT2D eigenvalue weighted by molar-refractivity contribution is -0.127. The SMILES string of the molecule is CC(C)[C@@H](C)/C=C/[C@@H](C)[C@@H]1CC[C@@H]2C3=CC[C@@H]4CC(=O)CC[C@]4(C)[C@H]3CC[C@@]21C. The molecule has 3 fully saturated rings. The Balaban J connectivity index is 1.55. The second-order valence-electron chi connectivity index (χ2n) is 12.1. The van der Waals surface area contributed by atoms with Crippen molar-refractivity contribution in [3.8, 4) is 0 Å². The molecule has 4 rings (SSSR count). The summed E-state index contributed by atoms with van der Waals surface area (Å²) in [6.45, 7) is 14.7. The molecule has 0 unspecified atom stereocenters. The number of hydrogen-bond donors (Lipinski definition) is 0. The summed E-state index contributed by atoms with van der Waals surface area (Å²) in [5.41, 5.74) is 2.68. The molecule has 0 saturated heterocycles. The van der Waals surface area contributed by atoms with Gasteiger partial charge in [-0.1, -0.05) is 65.3 Å². The van der Waals surface area contributed by atoms with E-state index in [0.717, 1.165) is 49.4 Å². The van der Waals surface area contributed by atoms with E-state index in [1.165, 1.54) is 25.7 Å². The van der Waals surface area contributed by atoms with Crippen molar-refractivity contribution in [2.24, 2.45) is 52.3 Å². The van der Waals surface area contributed by atoms with E-state index in [0.29, 0.717) is 34.4 Å². The summed E-state index contributed by atoms with van der Waals surface area (Å²) in [6.07, 6.45) is 17.2. The average molecular weight is 397 g/mol. The predicted molar refractivity (Wildman–Crippen MR) is 123 cm³/mol. The van der Waals surface area contributed by atoms with Gasteiger partial charge in [0, 0.05) is 12.8 Å². The third-order valence-electron chi connectivity index (χ3n) is 10.4. The van der Waals surface area contributed by atoms with Gasteiger partial charge < -0.3 is 0 Å². The van der Waals surface area contributed by atoms with E-state index >= 15 is 0 Å². The van der Waals surface area contributed by atoms with Crippen LogP contribution in [0.5, 0.6) is 0 Å². The predicted octanol–water partition coefficient (Wildman–Crippen LogP) is 7.62. The number of carbonyl (C=O) groups excluding carboxylic acids is 1. The topological polar surface area (TPSA) is 17.1 Å². The first-order valence-corrected chi connectivity index (χ1v) is 12.6. The van der Waals surface area contributed by atoms with Crippen LogP contribution in [0.4, 0.5) is 0 Å². The standard InChI is InChI=1S/C28H44O/c1-18(2)19(3)7-8-20(4)24-11-12-25-23-10-9-21-17-22(29)13-15-27(21,5)26(23)14-16-28(24,25)6/h7-8,10,18-21,24-26H,9,11-17H2,1-6H3/b8-7+/t19-,20+,21+,24-,25+,26-,27-,28+/m0/s1. The Labute approximate surface area is 179 Å². The van der Waals surface area contributed by atoms with Crippen LogP contribution in [0, 0.1) is 52.3 Å². The molecule has 4 aliphatic carbocycles. The normalized spacial score (nSPS) is 44.2. The van der Waals surface area contributed by atoms with E-state index in [1.807, 2.05) is 5.57 Å². The van der Waals surface area contributed by atoms with E-state index in [9.17, 15) is 4.79 Å². The van der Waals surface area contributed by atoms with Gasteiger partial charge in [-0.2, -0.15) is 0 Å². The molecule has 0 spiro atoms. The minimum absolute atomic E-state index is 0.385. The molecule has 0 radical (unpaired) electrons. The monoisotopic (exact) mass is 396 g/mol. The van der Waals surface area contributed by atoms with Crippen LogP contribution < -0.4 is 0 Å². The molecule has 0 aliphatic heterocycles. The molecule has 0 heterocycles. The van der Waals surface area contributed by atoms with E-state index in [1.54, 1.807) is 0 Å². The van der Waals surface area contributed by atoms with Gasteiger partial charge in [0.25, 0.3) is 0 Å². The van der Waals surface area contributed by atoms with E-state index < -0.39 is 0 Å². The lowest BCUT2D eigenvalue weighted by Crippen LogP contribution is -2.49. The fourth-order valence-corrected chi connectivity index (χ4v) is 7.91. The Kier molecular flexibility index (Phi) is 5.67. The quantitative estimate of drug-likeness (QED) is 0.447. The zero-order chi connectivity index (χ0) is 21.0. The summed E-state index contributed by atoms with van der Waals surface area (Å²) in [7, 11) is 0. The number of ketones is 1. The van der Waals surface area contributed by atoms with Crippen molar-refractivity contribution in [3.05, 3.63) is 23.8 Å². The third kappa shape index (κ3) is 3.49. The summed E-state index contributed by atoms with van der Waals surface area (Å²) < 4.78 is 0. The Morgan fingerprint density at radius 1 is 0.966 bits per heavy atom. The molecule has 29 heavy (non-hydrogen) atoms. The van der Waals surface area contributed by atoms with Crippen molar-refractivity contribution in [1.29, 1.82) is 0 Å². The molecular weight excluding hydrogens is 352 g/mol. The first kappa shape index (κ1) is 21.4. The van der Waals surface area contributed by atoms with Gasteiger partial charge in [0.1, 0.15) is 5.78 Å². The molecule has 3 saturated carbocycles. The van der Waals surface area contributed by atoms with Crippen molar-refractivity contribution in [2.45, 2.75) is 92.9 Å². The molecule has 1 nitrogen and oxygen atoms in total. The molecule has 0 aromatic carbocycles. The minimum atomic E-state index is 0.385. The summed E-state index contributed by atoms with van der Waals surface area (Å²) in [5.74, 6) is 5.57. The van der Waals surface area contributed by atoms with Crippen molar-refractivity contribution < 1.29 is 4.79 Å². The van der Waals surface area contributed by atoms with Crippen molar-refractivity contribution in [2.75, 3.05) is 0 Å². The van der Waals surface area contributed by atoms with E-state index in [4.69, 9.17) is 0 Å². The molecular formula is C28H44O. The van der Waals surface area contributed by atoms with Crippen LogP contribution in [0.25, 0.3) is 0 Å². The second-order valence-corrected chi connectivity index (χ2v) is 12.1. The van der Waals surface area contributed by atoms with Crippen LogP contribution >= 0.6 is 0 Å². The Morgan fingerprint density at radius 3 is 2.41 bits per heavy atom. The third-order valence-corrected chi connectivity index (χ3v) is 10.4. The summed E-state index contributed by atoms with van der Waals surface area (Å²) in [6, 6.07) is 0. The molecule has 8 atom stereocenters. The van der Waals surface area contributed by atoms with Gasteiger partial charge in [0.2, 0.25) is 0 Å². The van der Waals surface area contributed by atoms with Crippen LogP contribution in [0.3, 0.4) is 0 Å². The Hall–Kier alpha value is -0.850. The fraction of sp³-hybridized carbons (Fsp3) is 0.821. The van der Waals surface area contributed by atoms with Gasteiger partial charge in [-0.25, -0.2) is 0 Å². The van der Waals surface area contributed by atoms with E-state index in [2.05, 4.69) is 59.8 Å². The van der Waals surface area contributed by atoms with Gasteiger partial charge in [-0.15, -0.1) is 0 Å². The molecule has 0 aromatic rings. The number of fused-ring (bicyclic) bond motifs is 5. The number of carbonyl (C=O) groups is 1. The Bertz CT molecular complexity index is 699. The fourth-order valence-electron chi connectivity index (χ4n) is 7.91. The number of allylic oxidation sites excluding steroid dienone is 4. The highest BCUT2D eigenvalue weighted by atomic mass is 16.1. The maximum Gasteiger partial charge on any atom is 0.133 e. The maximum atomic E-state index is 12.1. The van der Waals surface area contributed by atoms with Crippen molar-refractivity contribution in [3.63, 3.8) is 0 Å². The number of hydrogen-bond acceptors (Lipinski definition) is 1. The first-order chi connectivity index (χ1) is 13.7. The Morgan fingerprint density at radius 2 is 1.69 bits per heavy atom. The maximum absolute atomic E-state index is 12.1. The van der Waals surface area contributed by atoms with E-state index in [-0.39, 0.29) is 0 Å². The lowest BCUT2D eigenvalue weighted by atomic mass is 9.48. The van der Waals surface area contributed by atoms with Crippen LogP contribution in [0.2, 0.25) is 0 Å². The van der Waals surface area contributed by atoms with Crippen molar-refractivity contribution in [1.82, 2.24) is 0 Å². The summed E-state index contributed by atoms with van der Waals surface area (Å²) in [4.78, 5) is 12.1. The molecule has 1 heteroatoms. The second kappa shape index (κ2) is 7.69. The molecule has 162 valence electrons. The molecule has 0 N–H and O–H groups in total. The molecule has 0 amide bonds. The van der Waals surface area contributed by atoms with Gasteiger partial charge >= 0.3 is 0 Å². The van der Waals surface area contributed by atoms with Crippen LogP contribution in [-0.2, 0) is 4.79 Å². The zero-order valence-corrected chi connectivity index (χ0v) is 19.8. The smallest absolute Gasteiger partial charge is 0.133 e. The lowest BCUT2D eigenvalue weighted by Gasteiger charge is -2.57. The largest absolute Gasteiger partial charge is 0.300 e. The molecule has 4 aliphatic rings.